The molecule has 1 heterocycles. The van der Waals surface area contributed by atoms with Crippen LogP contribution in [0, 0.1) is 0 Å². The number of carbonyl (C=O) groups is 1. The predicted molar refractivity (Wildman–Crippen MR) is 73.8 cm³/mol. The maximum atomic E-state index is 11.1. The van der Waals surface area contributed by atoms with Crippen LogP contribution < -0.4 is 5.32 Å². The quantitative estimate of drug-likeness (QED) is 0.847. The van der Waals surface area contributed by atoms with Crippen molar-refractivity contribution in [3.05, 3.63) is 32.8 Å². The molecule has 0 unspecified atom stereocenters. The summed E-state index contributed by atoms with van der Waals surface area (Å²) in [5, 5.41) is 4.17. The normalized spacial score (nSPS) is 10.6. The Kier molecular flexibility index (Phi) is 3.56. The molecule has 2 rings (SSSR count). The van der Waals surface area contributed by atoms with E-state index in [9.17, 15) is 4.79 Å². The Balaban J connectivity index is 2.77. The van der Waals surface area contributed by atoms with Crippen LogP contribution in [0.5, 0.6) is 0 Å². The number of aromatic nitrogens is 1. The molecule has 88 valence electrons. The minimum Gasteiger partial charge on any atom is -0.324 e. The molecule has 17 heavy (non-hydrogen) atoms. The monoisotopic (exact) mass is 332 g/mol. The fourth-order valence-corrected chi connectivity index (χ4v) is 2.23. The van der Waals surface area contributed by atoms with Gasteiger partial charge in [0.1, 0.15) is 0 Å². The molecule has 0 fully saturated rings. The van der Waals surface area contributed by atoms with E-state index in [4.69, 9.17) is 23.2 Å². The van der Waals surface area contributed by atoms with Crippen LogP contribution >= 0.6 is 39.1 Å². The van der Waals surface area contributed by atoms with Gasteiger partial charge in [-0.25, -0.2) is 0 Å². The van der Waals surface area contributed by atoms with E-state index in [1.807, 2.05) is 6.07 Å². The molecule has 0 saturated carbocycles. The summed E-state index contributed by atoms with van der Waals surface area (Å²) in [4.78, 5) is 15.3. The summed E-state index contributed by atoms with van der Waals surface area (Å²) >= 11 is 15.4. The van der Waals surface area contributed by atoms with E-state index in [0.717, 1.165) is 4.47 Å². The Morgan fingerprint density at radius 3 is 2.76 bits per heavy atom. The van der Waals surface area contributed by atoms with Gasteiger partial charge in [0, 0.05) is 23.0 Å². The first-order chi connectivity index (χ1) is 7.99. The summed E-state index contributed by atoms with van der Waals surface area (Å²) in [5.41, 5.74) is 1.16. The van der Waals surface area contributed by atoms with E-state index in [1.165, 1.54) is 6.92 Å². The van der Waals surface area contributed by atoms with Gasteiger partial charge in [-0.2, -0.15) is 0 Å². The third kappa shape index (κ3) is 2.54. The van der Waals surface area contributed by atoms with Gasteiger partial charge in [-0.15, -0.1) is 0 Å². The van der Waals surface area contributed by atoms with E-state index < -0.39 is 0 Å². The summed E-state index contributed by atoms with van der Waals surface area (Å²) in [6.07, 6.45) is 1.64. The Hall–Kier alpha value is -0.840. The van der Waals surface area contributed by atoms with Crippen molar-refractivity contribution in [1.82, 2.24) is 4.98 Å². The molecule has 0 radical (unpaired) electrons. The molecule has 0 spiro atoms. The van der Waals surface area contributed by atoms with Crippen LogP contribution in [0.25, 0.3) is 10.9 Å². The van der Waals surface area contributed by atoms with Crippen molar-refractivity contribution in [3.8, 4) is 0 Å². The molecule has 6 heteroatoms. The molecule has 1 N–H and O–H groups in total. The van der Waals surface area contributed by atoms with E-state index in [2.05, 4.69) is 26.2 Å². The van der Waals surface area contributed by atoms with Crippen LogP contribution in [0.2, 0.25) is 10.0 Å². The zero-order valence-electron chi connectivity index (χ0n) is 8.72. The summed E-state index contributed by atoms with van der Waals surface area (Å²) in [7, 11) is 0. The molecule has 0 atom stereocenters. The topological polar surface area (TPSA) is 42.0 Å². The molecule has 1 amide bonds. The second-order valence-electron chi connectivity index (χ2n) is 3.45. The van der Waals surface area contributed by atoms with Crippen LogP contribution in [-0.4, -0.2) is 10.9 Å². The molecule has 1 aromatic heterocycles. The highest BCUT2D eigenvalue weighted by atomic mass is 79.9. The highest BCUT2D eigenvalue weighted by molar-refractivity contribution is 9.10. The van der Waals surface area contributed by atoms with Gasteiger partial charge in [0.25, 0.3) is 0 Å². The summed E-state index contributed by atoms with van der Waals surface area (Å²) < 4.78 is 0.794. The van der Waals surface area contributed by atoms with Gasteiger partial charge in [-0.05, 0) is 28.1 Å². The number of hydrogen-bond acceptors (Lipinski definition) is 2. The minimum absolute atomic E-state index is 0.186. The van der Waals surface area contributed by atoms with Gasteiger partial charge < -0.3 is 5.32 Å². The van der Waals surface area contributed by atoms with Gasteiger partial charge in [-0.1, -0.05) is 23.2 Å². The summed E-state index contributed by atoms with van der Waals surface area (Å²) in [5.74, 6) is -0.186. The summed E-state index contributed by atoms with van der Waals surface area (Å²) in [6, 6.07) is 3.40. The molecule has 3 nitrogen and oxygen atoms in total. The van der Waals surface area contributed by atoms with E-state index in [1.54, 1.807) is 12.3 Å². The fourth-order valence-electron chi connectivity index (χ4n) is 1.49. The fraction of sp³-hybridized carbons (Fsp3) is 0.0909. The van der Waals surface area contributed by atoms with Crippen LogP contribution in [0.15, 0.2) is 22.8 Å². The van der Waals surface area contributed by atoms with Gasteiger partial charge in [0.05, 0.1) is 21.2 Å². The lowest BCUT2D eigenvalue weighted by Crippen LogP contribution is -2.06. The average Bonchev–Trinajstić information content (AvgIpc) is 2.24. The van der Waals surface area contributed by atoms with Crippen LogP contribution in [-0.2, 0) is 4.79 Å². The lowest BCUT2D eigenvalue weighted by Gasteiger charge is -2.09. The molecular formula is C11H7BrCl2N2O. The number of anilines is 1. The Morgan fingerprint density at radius 2 is 2.12 bits per heavy atom. The lowest BCUT2D eigenvalue weighted by molar-refractivity contribution is -0.114. The molecule has 0 aliphatic heterocycles. The molecule has 1 aromatic carbocycles. The molecule has 0 saturated heterocycles. The van der Waals surface area contributed by atoms with Gasteiger partial charge >= 0.3 is 0 Å². The minimum atomic E-state index is -0.186. The predicted octanol–water partition coefficient (Wildman–Crippen LogP) is 4.26. The molecular weight excluding hydrogens is 327 g/mol. The number of nitrogens with one attached hydrogen (secondary N) is 1. The lowest BCUT2D eigenvalue weighted by atomic mass is 10.2. The van der Waals surface area contributed by atoms with E-state index >= 15 is 0 Å². The second-order valence-corrected chi connectivity index (χ2v) is 5.15. The molecule has 0 aliphatic rings. The van der Waals surface area contributed by atoms with Crippen LogP contribution in [0.3, 0.4) is 0 Å². The highest BCUT2D eigenvalue weighted by Gasteiger charge is 2.11. The smallest absolute Gasteiger partial charge is 0.221 e. The molecule has 0 bridgehead atoms. The SMILES string of the molecule is CC(=O)Nc1cc(Cl)c(Cl)c2cc(Br)cnc12. The number of carbonyl (C=O) groups excluding carboxylic acids is 1. The summed E-state index contributed by atoms with van der Waals surface area (Å²) in [6.45, 7) is 1.42. The van der Waals surface area contributed by atoms with Gasteiger partial charge in [0.15, 0.2) is 0 Å². The third-order valence-electron chi connectivity index (χ3n) is 2.14. The zero-order valence-corrected chi connectivity index (χ0v) is 11.8. The Bertz CT molecular complexity index is 616. The van der Waals surface area contributed by atoms with Gasteiger partial charge in [-0.3, -0.25) is 9.78 Å². The van der Waals surface area contributed by atoms with Crippen LogP contribution in [0.4, 0.5) is 5.69 Å². The van der Waals surface area contributed by atoms with Gasteiger partial charge in [0.2, 0.25) is 5.91 Å². The highest BCUT2D eigenvalue weighted by Crippen LogP contribution is 2.36. The number of amides is 1. The zero-order chi connectivity index (χ0) is 12.6. The first-order valence-corrected chi connectivity index (χ1v) is 6.25. The van der Waals surface area contributed by atoms with Crippen molar-refractivity contribution < 1.29 is 4.79 Å². The van der Waals surface area contributed by atoms with Crippen molar-refractivity contribution in [3.63, 3.8) is 0 Å². The molecule has 2 aromatic rings. The first-order valence-electron chi connectivity index (χ1n) is 4.70. The van der Waals surface area contributed by atoms with Crippen molar-refractivity contribution >= 4 is 61.6 Å². The number of halogens is 3. The number of rotatable bonds is 1. The first kappa shape index (κ1) is 12.6. The number of benzene rings is 1. The Morgan fingerprint density at radius 1 is 1.41 bits per heavy atom. The maximum Gasteiger partial charge on any atom is 0.221 e. The van der Waals surface area contributed by atoms with Crippen molar-refractivity contribution in [2.45, 2.75) is 6.92 Å². The van der Waals surface area contributed by atoms with Crippen molar-refractivity contribution in [1.29, 1.82) is 0 Å². The number of hydrogen-bond donors (Lipinski definition) is 1. The van der Waals surface area contributed by atoms with E-state index in [-0.39, 0.29) is 5.91 Å². The third-order valence-corrected chi connectivity index (χ3v) is 3.37. The molecule has 0 aliphatic carbocycles. The Labute approximate surface area is 116 Å². The number of pyridine rings is 1. The maximum absolute atomic E-state index is 11.1. The van der Waals surface area contributed by atoms with E-state index in [0.29, 0.717) is 26.6 Å². The standard InChI is InChI=1S/C11H7BrCl2N2O/c1-5(17)16-9-3-8(13)10(14)7-2-6(12)4-15-11(7)9/h2-4H,1H3,(H,16,17). The van der Waals surface area contributed by atoms with Crippen molar-refractivity contribution in [2.24, 2.45) is 0 Å². The number of fused-ring (bicyclic) bond motifs is 1. The second kappa shape index (κ2) is 4.80. The average molecular weight is 334 g/mol. The number of nitrogens with zero attached hydrogens (tertiary/aromatic N) is 1. The van der Waals surface area contributed by atoms with Crippen LogP contribution in [0.1, 0.15) is 6.92 Å². The largest absolute Gasteiger partial charge is 0.324 e. The van der Waals surface area contributed by atoms with Crippen molar-refractivity contribution in [2.75, 3.05) is 5.32 Å².